The summed E-state index contributed by atoms with van der Waals surface area (Å²) in [7, 11) is 0. The minimum absolute atomic E-state index is 0.0214. The Morgan fingerprint density at radius 2 is 1.84 bits per heavy atom. The van der Waals surface area contributed by atoms with Crippen molar-refractivity contribution in [3.8, 4) is 16.9 Å². The molecule has 0 atom stereocenters. The number of rotatable bonds is 7. The van der Waals surface area contributed by atoms with E-state index in [9.17, 15) is 9.59 Å². The van der Waals surface area contributed by atoms with Crippen molar-refractivity contribution in [2.45, 2.75) is 33.4 Å². The van der Waals surface area contributed by atoms with Crippen molar-refractivity contribution < 1.29 is 4.79 Å². The number of benzene rings is 1. The predicted octanol–water partition coefficient (Wildman–Crippen LogP) is 3.48. The van der Waals surface area contributed by atoms with Gasteiger partial charge in [-0.3, -0.25) is 14.6 Å². The van der Waals surface area contributed by atoms with Gasteiger partial charge in [-0.15, -0.1) is 0 Å². The smallest absolute Gasteiger partial charge is 0.307 e. The average Bonchev–Trinajstić information content (AvgIpc) is 3.33. The van der Waals surface area contributed by atoms with Crippen LogP contribution in [0.15, 0.2) is 65.8 Å². The second-order valence-corrected chi connectivity index (χ2v) is 8.37. The Hall–Kier alpha value is -3.52. The molecule has 0 unspecified atom stereocenters. The third-order valence-electron chi connectivity index (χ3n) is 5.18. The van der Waals surface area contributed by atoms with Crippen molar-refractivity contribution in [1.82, 2.24) is 24.6 Å². The molecule has 31 heavy (non-hydrogen) atoms. The van der Waals surface area contributed by atoms with Crippen molar-refractivity contribution in [2.24, 2.45) is 0 Å². The highest BCUT2D eigenvalue weighted by molar-refractivity contribution is 7.09. The molecule has 8 heteroatoms. The summed E-state index contributed by atoms with van der Waals surface area (Å²) in [6.45, 7) is 4.55. The highest BCUT2D eigenvalue weighted by Crippen LogP contribution is 2.23. The van der Waals surface area contributed by atoms with E-state index in [-0.39, 0.29) is 17.2 Å². The first kappa shape index (κ1) is 20.7. The number of carbonyl (C=O) groups excluding carboxylic acids is 1. The molecule has 0 aliphatic rings. The third-order valence-corrected chi connectivity index (χ3v) is 6.17. The summed E-state index contributed by atoms with van der Waals surface area (Å²) >= 11 is 1.22. The standard InChI is InChI=1S/C23H23N5O2S/c1-16-17(2)31-23(30)27(16)13-10-21(29)25-14-19-15-28(20-6-4-3-5-7-20)26-22(19)18-8-11-24-12-9-18/h3-9,11-12,15H,10,13-14H2,1-2H3,(H,25,29). The number of thiazole rings is 1. The average molecular weight is 434 g/mol. The lowest BCUT2D eigenvalue weighted by Gasteiger charge is -2.07. The molecular weight excluding hydrogens is 410 g/mol. The van der Waals surface area contributed by atoms with Crippen LogP contribution in [0.5, 0.6) is 0 Å². The lowest BCUT2D eigenvalue weighted by molar-refractivity contribution is -0.121. The number of nitrogens with zero attached hydrogens (tertiary/aromatic N) is 4. The Morgan fingerprint density at radius 3 is 2.52 bits per heavy atom. The van der Waals surface area contributed by atoms with E-state index < -0.39 is 0 Å². The summed E-state index contributed by atoms with van der Waals surface area (Å²) in [5.74, 6) is -0.108. The van der Waals surface area contributed by atoms with E-state index in [0.717, 1.165) is 33.1 Å². The SMILES string of the molecule is Cc1sc(=O)n(CCC(=O)NCc2cn(-c3ccccc3)nc2-c2ccncc2)c1C. The van der Waals surface area contributed by atoms with Crippen LogP contribution in [-0.2, 0) is 17.9 Å². The summed E-state index contributed by atoms with van der Waals surface area (Å²) in [6, 6.07) is 13.6. The number of aromatic nitrogens is 4. The molecule has 4 rings (SSSR count). The zero-order chi connectivity index (χ0) is 21.8. The molecule has 3 heterocycles. The summed E-state index contributed by atoms with van der Waals surface area (Å²) in [5, 5.41) is 7.71. The largest absolute Gasteiger partial charge is 0.352 e. The first-order chi connectivity index (χ1) is 15.0. The van der Waals surface area contributed by atoms with Gasteiger partial charge < -0.3 is 9.88 Å². The molecule has 1 amide bonds. The second-order valence-electron chi connectivity index (χ2n) is 7.21. The number of amides is 1. The topological polar surface area (TPSA) is 81.8 Å². The molecule has 0 bridgehead atoms. The summed E-state index contributed by atoms with van der Waals surface area (Å²) in [6.07, 6.45) is 5.63. The van der Waals surface area contributed by atoms with Gasteiger partial charge >= 0.3 is 4.87 Å². The monoisotopic (exact) mass is 433 g/mol. The van der Waals surface area contributed by atoms with Gasteiger partial charge in [-0.2, -0.15) is 5.10 Å². The molecule has 0 aliphatic carbocycles. The van der Waals surface area contributed by atoms with Crippen LogP contribution < -0.4 is 10.2 Å². The fourth-order valence-electron chi connectivity index (χ4n) is 3.35. The van der Waals surface area contributed by atoms with Crippen LogP contribution in [0.3, 0.4) is 0 Å². The molecule has 0 fully saturated rings. The van der Waals surface area contributed by atoms with E-state index in [1.807, 2.05) is 67.2 Å². The van der Waals surface area contributed by atoms with Crippen molar-refractivity contribution in [3.05, 3.63) is 86.9 Å². The molecule has 7 nitrogen and oxygen atoms in total. The molecule has 158 valence electrons. The van der Waals surface area contributed by atoms with Gasteiger partial charge in [-0.25, -0.2) is 4.68 Å². The highest BCUT2D eigenvalue weighted by atomic mass is 32.1. The maximum Gasteiger partial charge on any atom is 0.307 e. The minimum atomic E-state index is -0.108. The maximum absolute atomic E-state index is 12.5. The van der Waals surface area contributed by atoms with E-state index in [1.165, 1.54) is 11.3 Å². The summed E-state index contributed by atoms with van der Waals surface area (Å²) in [4.78, 5) is 29.6. The number of pyridine rings is 1. The first-order valence-electron chi connectivity index (χ1n) is 10.0. The van der Waals surface area contributed by atoms with Gasteiger partial charge in [0, 0.05) is 59.8 Å². The first-order valence-corrected chi connectivity index (χ1v) is 10.8. The van der Waals surface area contributed by atoms with Crippen LogP contribution in [0.1, 0.15) is 22.6 Å². The van der Waals surface area contributed by atoms with E-state index >= 15 is 0 Å². The number of hydrogen-bond donors (Lipinski definition) is 1. The molecule has 3 aromatic heterocycles. The Bertz CT molecular complexity index is 1240. The van der Waals surface area contributed by atoms with Gasteiger partial charge in [0.05, 0.1) is 11.4 Å². The number of aryl methyl sites for hydroxylation is 1. The van der Waals surface area contributed by atoms with Crippen LogP contribution in [-0.4, -0.2) is 25.2 Å². The number of carbonyl (C=O) groups is 1. The van der Waals surface area contributed by atoms with Gasteiger partial charge in [0.2, 0.25) is 5.91 Å². The Labute approximate surface area is 184 Å². The Kier molecular flexibility index (Phi) is 6.08. The molecule has 1 N–H and O–H groups in total. The fraction of sp³-hybridized carbons (Fsp3) is 0.217. The molecular formula is C23H23N5O2S. The number of hydrogen-bond acceptors (Lipinski definition) is 5. The van der Waals surface area contributed by atoms with Crippen molar-refractivity contribution >= 4 is 17.2 Å². The molecule has 0 aliphatic heterocycles. The normalized spacial score (nSPS) is 10.9. The van der Waals surface area contributed by atoms with Gasteiger partial charge in [0.15, 0.2) is 0 Å². The van der Waals surface area contributed by atoms with Crippen molar-refractivity contribution in [2.75, 3.05) is 0 Å². The van der Waals surface area contributed by atoms with Gasteiger partial charge in [-0.1, -0.05) is 29.5 Å². The van der Waals surface area contributed by atoms with Crippen LogP contribution in [0.2, 0.25) is 0 Å². The lowest BCUT2D eigenvalue weighted by Crippen LogP contribution is -2.26. The molecule has 4 aromatic rings. The molecule has 0 saturated heterocycles. The molecule has 0 radical (unpaired) electrons. The van der Waals surface area contributed by atoms with Crippen LogP contribution >= 0.6 is 11.3 Å². The second kappa shape index (κ2) is 9.09. The van der Waals surface area contributed by atoms with Gasteiger partial charge in [-0.05, 0) is 38.1 Å². The number of para-hydroxylation sites is 1. The predicted molar refractivity (Wildman–Crippen MR) is 121 cm³/mol. The zero-order valence-corrected chi connectivity index (χ0v) is 18.2. The molecule has 1 aromatic carbocycles. The number of nitrogens with one attached hydrogen (secondary N) is 1. The van der Waals surface area contributed by atoms with Crippen LogP contribution in [0.25, 0.3) is 16.9 Å². The third kappa shape index (κ3) is 4.64. The van der Waals surface area contributed by atoms with Crippen LogP contribution in [0, 0.1) is 13.8 Å². The quantitative estimate of drug-likeness (QED) is 0.484. The van der Waals surface area contributed by atoms with E-state index in [2.05, 4.69) is 10.3 Å². The minimum Gasteiger partial charge on any atom is -0.352 e. The molecule has 0 spiro atoms. The zero-order valence-electron chi connectivity index (χ0n) is 17.4. The van der Waals surface area contributed by atoms with E-state index in [1.54, 1.807) is 17.0 Å². The summed E-state index contributed by atoms with van der Waals surface area (Å²) < 4.78 is 3.48. The van der Waals surface area contributed by atoms with Crippen molar-refractivity contribution in [1.29, 1.82) is 0 Å². The van der Waals surface area contributed by atoms with E-state index in [4.69, 9.17) is 5.10 Å². The highest BCUT2D eigenvalue weighted by Gasteiger charge is 2.14. The summed E-state index contributed by atoms with van der Waals surface area (Å²) in [5.41, 5.74) is 4.50. The van der Waals surface area contributed by atoms with Gasteiger partial charge in [0.25, 0.3) is 0 Å². The molecule has 0 saturated carbocycles. The van der Waals surface area contributed by atoms with Gasteiger partial charge in [0.1, 0.15) is 0 Å². The van der Waals surface area contributed by atoms with Crippen LogP contribution in [0.4, 0.5) is 0 Å². The maximum atomic E-state index is 12.5. The fourth-order valence-corrected chi connectivity index (χ4v) is 4.20. The Morgan fingerprint density at radius 1 is 1.10 bits per heavy atom. The lowest BCUT2D eigenvalue weighted by atomic mass is 10.1. The van der Waals surface area contributed by atoms with E-state index in [0.29, 0.717) is 13.1 Å². The van der Waals surface area contributed by atoms with Crippen molar-refractivity contribution in [3.63, 3.8) is 0 Å². The Balaban J connectivity index is 1.50.